The summed E-state index contributed by atoms with van der Waals surface area (Å²) in [6.07, 6.45) is 0.650. The van der Waals surface area contributed by atoms with Crippen LogP contribution in [0.2, 0.25) is 0 Å². The predicted molar refractivity (Wildman–Crippen MR) is 45.5 cm³/mol. The van der Waals surface area contributed by atoms with Crippen LogP contribution in [0.5, 0.6) is 0 Å². The van der Waals surface area contributed by atoms with E-state index in [2.05, 4.69) is 0 Å². The van der Waals surface area contributed by atoms with E-state index in [1.165, 1.54) is 0 Å². The Morgan fingerprint density at radius 1 is 1.75 bits per heavy atom. The smallest absolute Gasteiger partial charge is 0.239 e. The lowest BCUT2D eigenvalue weighted by molar-refractivity contribution is -0.153. The highest BCUT2D eigenvalue weighted by atomic mass is 16.3. The monoisotopic (exact) mass is 172 g/mol. The van der Waals surface area contributed by atoms with Gasteiger partial charge in [-0.25, -0.2) is 0 Å². The number of likely N-dealkylation sites (tertiary alicyclic amines) is 1. The van der Waals surface area contributed by atoms with E-state index in [-0.39, 0.29) is 5.91 Å². The van der Waals surface area contributed by atoms with Crippen LogP contribution in [0.25, 0.3) is 0 Å². The number of carbonyl (C=O) groups is 1. The second kappa shape index (κ2) is 3.03. The van der Waals surface area contributed by atoms with E-state index >= 15 is 0 Å². The summed E-state index contributed by atoms with van der Waals surface area (Å²) in [7, 11) is 0. The van der Waals surface area contributed by atoms with Crippen molar-refractivity contribution in [3.8, 4) is 0 Å². The fraction of sp³-hybridized carbons (Fsp3) is 0.875. The van der Waals surface area contributed by atoms with Crippen molar-refractivity contribution in [1.29, 1.82) is 0 Å². The van der Waals surface area contributed by atoms with Crippen molar-refractivity contribution in [3.05, 3.63) is 0 Å². The minimum atomic E-state index is -0.691. The Morgan fingerprint density at radius 2 is 2.25 bits per heavy atom. The summed E-state index contributed by atoms with van der Waals surface area (Å²) in [5.74, 6) is -0.0518. The van der Waals surface area contributed by atoms with E-state index in [9.17, 15) is 9.90 Å². The molecule has 12 heavy (non-hydrogen) atoms. The number of hydrogen-bond acceptors (Lipinski definition) is 3. The van der Waals surface area contributed by atoms with Gasteiger partial charge in [-0.1, -0.05) is 6.92 Å². The number of aliphatic hydroxyl groups is 1. The van der Waals surface area contributed by atoms with Crippen LogP contribution in [0.4, 0.5) is 0 Å². The first-order valence-electron chi connectivity index (χ1n) is 4.23. The van der Waals surface area contributed by atoms with Crippen LogP contribution in [0, 0.1) is 0 Å². The van der Waals surface area contributed by atoms with Crippen LogP contribution >= 0.6 is 0 Å². The number of carbonyl (C=O) groups excluding carboxylic acids is 1. The van der Waals surface area contributed by atoms with Crippen LogP contribution in [-0.4, -0.2) is 40.6 Å². The second-order valence-corrected chi connectivity index (χ2v) is 3.71. The van der Waals surface area contributed by atoms with Gasteiger partial charge in [0.1, 0.15) is 0 Å². The molecule has 0 radical (unpaired) electrons. The van der Waals surface area contributed by atoms with Crippen LogP contribution < -0.4 is 5.73 Å². The number of rotatable bonds is 2. The molecule has 0 aromatic rings. The molecule has 4 nitrogen and oxygen atoms in total. The first kappa shape index (κ1) is 9.48. The average molecular weight is 172 g/mol. The molecular weight excluding hydrogens is 156 g/mol. The largest absolute Gasteiger partial charge is 0.386 e. The highest BCUT2D eigenvalue weighted by Gasteiger charge is 2.40. The minimum absolute atomic E-state index is 0.0518. The molecule has 0 spiro atoms. The third-order valence-electron chi connectivity index (χ3n) is 2.13. The molecule has 1 aliphatic heterocycles. The normalized spacial score (nSPS) is 23.2. The van der Waals surface area contributed by atoms with Crippen molar-refractivity contribution in [2.75, 3.05) is 13.1 Å². The van der Waals surface area contributed by atoms with E-state index in [0.717, 1.165) is 0 Å². The summed E-state index contributed by atoms with van der Waals surface area (Å²) in [5, 5.41) is 9.35. The highest BCUT2D eigenvalue weighted by molar-refractivity contribution is 5.82. The maximum atomic E-state index is 11.3. The lowest BCUT2D eigenvalue weighted by atomic mass is 9.96. The van der Waals surface area contributed by atoms with Crippen LogP contribution in [0.3, 0.4) is 0 Å². The topological polar surface area (TPSA) is 66.6 Å². The maximum Gasteiger partial charge on any atom is 0.239 e. The molecule has 4 heteroatoms. The van der Waals surface area contributed by atoms with Gasteiger partial charge in [-0.05, 0) is 13.3 Å². The fourth-order valence-corrected chi connectivity index (χ4v) is 1.34. The lowest BCUT2D eigenvalue weighted by Crippen LogP contribution is -2.64. The summed E-state index contributed by atoms with van der Waals surface area (Å²) in [4.78, 5) is 12.9. The molecule has 1 fully saturated rings. The second-order valence-electron chi connectivity index (χ2n) is 3.71. The van der Waals surface area contributed by atoms with Crippen molar-refractivity contribution < 1.29 is 9.90 Å². The molecular formula is C8H16N2O2. The van der Waals surface area contributed by atoms with Crippen molar-refractivity contribution >= 4 is 5.91 Å². The lowest BCUT2D eigenvalue weighted by Gasteiger charge is -2.45. The molecule has 70 valence electrons. The Labute approximate surface area is 72.3 Å². The summed E-state index contributed by atoms with van der Waals surface area (Å²) in [6, 6.07) is -0.402. The van der Waals surface area contributed by atoms with Gasteiger partial charge >= 0.3 is 0 Å². The number of nitrogens with two attached hydrogens (primary N) is 1. The van der Waals surface area contributed by atoms with Crippen molar-refractivity contribution in [2.24, 2.45) is 5.73 Å². The first-order chi connectivity index (χ1) is 5.46. The van der Waals surface area contributed by atoms with E-state index in [0.29, 0.717) is 19.5 Å². The molecule has 1 rings (SSSR count). The Kier molecular flexibility index (Phi) is 2.39. The Bertz CT molecular complexity index is 183. The number of amides is 1. The Balaban J connectivity index is 2.38. The SMILES string of the molecule is CCC(N)C(=O)N1CC(C)(O)C1. The Hall–Kier alpha value is -0.610. The Morgan fingerprint density at radius 3 is 2.58 bits per heavy atom. The zero-order chi connectivity index (χ0) is 9.35. The zero-order valence-corrected chi connectivity index (χ0v) is 7.58. The molecule has 0 aliphatic carbocycles. The fourth-order valence-electron chi connectivity index (χ4n) is 1.34. The molecule has 1 atom stereocenters. The summed E-state index contributed by atoms with van der Waals surface area (Å²) in [5.41, 5.74) is 4.85. The average Bonchev–Trinajstić information content (AvgIpc) is 1.97. The number of β-amino-alcohol motifs (C(OH)–C–C–N with tert-alkyl or cyclic N) is 1. The van der Waals surface area contributed by atoms with Crippen LogP contribution in [-0.2, 0) is 4.79 Å². The van der Waals surface area contributed by atoms with Crippen molar-refractivity contribution in [2.45, 2.75) is 31.9 Å². The standard InChI is InChI=1S/C8H16N2O2/c1-3-6(9)7(11)10-4-8(2,12)5-10/h6,12H,3-5,9H2,1-2H3. The summed E-state index contributed by atoms with van der Waals surface area (Å²) < 4.78 is 0. The number of hydrogen-bond donors (Lipinski definition) is 2. The van der Waals surface area contributed by atoms with Gasteiger partial charge in [-0.15, -0.1) is 0 Å². The molecule has 0 aromatic carbocycles. The van der Waals surface area contributed by atoms with Crippen molar-refractivity contribution in [3.63, 3.8) is 0 Å². The predicted octanol–water partition coefficient (Wildman–Crippen LogP) is -0.683. The molecule has 1 saturated heterocycles. The van der Waals surface area contributed by atoms with Gasteiger partial charge in [0.25, 0.3) is 0 Å². The van der Waals surface area contributed by atoms with Gasteiger partial charge in [0.2, 0.25) is 5.91 Å². The molecule has 1 heterocycles. The minimum Gasteiger partial charge on any atom is -0.386 e. The van der Waals surface area contributed by atoms with Gasteiger partial charge in [0, 0.05) is 0 Å². The van der Waals surface area contributed by atoms with Gasteiger partial charge in [-0.3, -0.25) is 4.79 Å². The van der Waals surface area contributed by atoms with E-state index in [1.807, 2.05) is 6.92 Å². The number of nitrogens with zero attached hydrogens (tertiary/aromatic N) is 1. The van der Waals surface area contributed by atoms with E-state index in [1.54, 1.807) is 11.8 Å². The highest BCUT2D eigenvalue weighted by Crippen LogP contribution is 2.20. The zero-order valence-electron chi connectivity index (χ0n) is 7.58. The van der Waals surface area contributed by atoms with Gasteiger partial charge < -0.3 is 15.7 Å². The van der Waals surface area contributed by atoms with Crippen molar-refractivity contribution in [1.82, 2.24) is 4.90 Å². The maximum absolute atomic E-state index is 11.3. The molecule has 1 unspecified atom stereocenters. The quantitative estimate of drug-likeness (QED) is 0.580. The third-order valence-corrected chi connectivity index (χ3v) is 2.13. The molecule has 0 bridgehead atoms. The molecule has 1 aliphatic rings. The van der Waals surface area contributed by atoms with Gasteiger partial charge in [0.05, 0.1) is 24.7 Å². The molecule has 0 aromatic heterocycles. The molecule has 0 saturated carbocycles. The molecule has 1 amide bonds. The van der Waals surface area contributed by atoms with E-state index < -0.39 is 11.6 Å². The van der Waals surface area contributed by atoms with Crippen LogP contribution in [0.1, 0.15) is 20.3 Å². The third kappa shape index (κ3) is 1.76. The van der Waals surface area contributed by atoms with Gasteiger partial charge in [-0.2, -0.15) is 0 Å². The molecule has 3 N–H and O–H groups in total. The summed E-state index contributed by atoms with van der Waals surface area (Å²) >= 11 is 0. The van der Waals surface area contributed by atoms with E-state index in [4.69, 9.17) is 5.73 Å². The van der Waals surface area contributed by atoms with Crippen LogP contribution in [0.15, 0.2) is 0 Å². The first-order valence-corrected chi connectivity index (χ1v) is 4.23. The summed E-state index contributed by atoms with van der Waals surface area (Å²) in [6.45, 7) is 4.42. The van der Waals surface area contributed by atoms with Gasteiger partial charge in [0.15, 0.2) is 0 Å².